The van der Waals surface area contributed by atoms with Crippen LogP contribution in [0.5, 0.6) is 23.0 Å². The van der Waals surface area contributed by atoms with Crippen molar-refractivity contribution >= 4 is 36.5 Å². The SMILES string of the molecule is COCCCP(=O)(CCCOc1cc2c(cc1OC)C(=O)N1CC(F)CC1C=N2)CCCOc1cc2c(cc1OC)C(=O)N1CC(F)CC1CN2. The summed E-state index contributed by atoms with van der Waals surface area (Å²) in [5.74, 6) is 1.14. The minimum atomic E-state index is -2.63. The molecule has 278 valence electrons. The number of carbonyl (C=O) groups is 2. The molecule has 5 unspecified atom stereocenters. The Hall–Kier alpha value is -3.90. The Labute approximate surface area is 297 Å². The Morgan fingerprint density at radius 2 is 1.37 bits per heavy atom. The molecule has 0 aliphatic carbocycles. The van der Waals surface area contributed by atoms with E-state index in [0.717, 1.165) is 0 Å². The summed E-state index contributed by atoms with van der Waals surface area (Å²) in [6.45, 7) is 1.66. The molecule has 2 fully saturated rings. The predicted molar refractivity (Wildman–Crippen MR) is 190 cm³/mol. The van der Waals surface area contributed by atoms with Crippen LogP contribution in [0.1, 0.15) is 52.8 Å². The highest BCUT2D eigenvalue weighted by molar-refractivity contribution is 7.63. The van der Waals surface area contributed by atoms with Crippen LogP contribution in [0.25, 0.3) is 0 Å². The largest absolute Gasteiger partial charge is 0.493 e. The van der Waals surface area contributed by atoms with Gasteiger partial charge in [-0.3, -0.25) is 14.6 Å². The Morgan fingerprint density at radius 3 is 2.04 bits per heavy atom. The Morgan fingerprint density at radius 1 is 0.784 bits per heavy atom. The van der Waals surface area contributed by atoms with Crippen molar-refractivity contribution in [2.24, 2.45) is 4.99 Å². The van der Waals surface area contributed by atoms with Crippen molar-refractivity contribution in [3.8, 4) is 23.0 Å². The molecular formula is C36H47F2N4O8P. The van der Waals surface area contributed by atoms with Crippen LogP contribution in [0.2, 0.25) is 0 Å². The van der Waals surface area contributed by atoms with Crippen molar-refractivity contribution in [3.63, 3.8) is 0 Å². The number of amides is 2. The van der Waals surface area contributed by atoms with Gasteiger partial charge in [0.05, 0.1) is 82.3 Å². The molecule has 0 spiro atoms. The van der Waals surface area contributed by atoms with E-state index < -0.39 is 19.5 Å². The number of rotatable bonds is 16. The highest BCUT2D eigenvalue weighted by Gasteiger charge is 2.39. The molecule has 4 aliphatic heterocycles. The molecule has 15 heteroatoms. The molecule has 0 bridgehead atoms. The summed E-state index contributed by atoms with van der Waals surface area (Å²) in [7, 11) is 1.99. The number of alkyl halides is 2. The van der Waals surface area contributed by atoms with Crippen molar-refractivity contribution in [1.29, 1.82) is 0 Å². The van der Waals surface area contributed by atoms with Gasteiger partial charge in [-0.25, -0.2) is 8.78 Å². The number of ether oxygens (including phenoxy) is 5. The average Bonchev–Trinajstić information content (AvgIpc) is 3.63. The van der Waals surface area contributed by atoms with Gasteiger partial charge in [-0.05, 0) is 31.4 Å². The monoisotopic (exact) mass is 732 g/mol. The maximum atomic E-state index is 14.1. The number of methoxy groups -OCH3 is 3. The van der Waals surface area contributed by atoms with Crippen LogP contribution in [0, 0.1) is 0 Å². The van der Waals surface area contributed by atoms with E-state index in [1.807, 2.05) is 0 Å². The van der Waals surface area contributed by atoms with Gasteiger partial charge >= 0.3 is 0 Å². The summed E-state index contributed by atoms with van der Waals surface area (Å²) < 4.78 is 70.7. The second kappa shape index (κ2) is 16.2. The van der Waals surface area contributed by atoms with Gasteiger partial charge in [0.15, 0.2) is 23.0 Å². The van der Waals surface area contributed by atoms with E-state index >= 15 is 0 Å². The topological polar surface area (TPSA) is 128 Å². The smallest absolute Gasteiger partial charge is 0.256 e. The first-order valence-corrected chi connectivity index (χ1v) is 19.8. The van der Waals surface area contributed by atoms with Gasteiger partial charge in [0.1, 0.15) is 12.3 Å². The maximum absolute atomic E-state index is 14.1. The molecule has 0 saturated carbocycles. The first-order chi connectivity index (χ1) is 24.6. The van der Waals surface area contributed by atoms with E-state index in [4.69, 9.17) is 23.7 Å². The summed E-state index contributed by atoms with van der Waals surface area (Å²) in [6, 6.07) is 6.05. The van der Waals surface area contributed by atoms with Crippen LogP contribution in [0.3, 0.4) is 0 Å². The van der Waals surface area contributed by atoms with Crippen LogP contribution in [0.4, 0.5) is 20.2 Å². The molecule has 0 radical (unpaired) electrons. The van der Waals surface area contributed by atoms with E-state index in [1.54, 1.807) is 42.5 Å². The van der Waals surface area contributed by atoms with Gasteiger partial charge in [-0.1, -0.05) is 0 Å². The Balaban J connectivity index is 1.05. The van der Waals surface area contributed by atoms with E-state index in [9.17, 15) is 22.9 Å². The Bertz CT molecular complexity index is 1680. The lowest BCUT2D eigenvalue weighted by molar-refractivity contribution is 0.0740. The second-order valence-electron chi connectivity index (χ2n) is 13.5. The average molecular weight is 733 g/mol. The van der Waals surface area contributed by atoms with Gasteiger partial charge in [0.25, 0.3) is 11.8 Å². The highest BCUT2D eigenvalue weighted by Crippen LogP contribution is 2.48. The molecule has 1 N–H and O–H groups in total. The minimum absolute atomic E-state index is 0.0388. The summed E-state index contributed by atoms with van der Waals surface area (Å²) in [5, 5.41) is 3.28. The van der Waals surface area contributed by atoms with Gasteiger partial charge in [-0.2, -0.15) is 0 Å². The molecule has 2 aromatic rings. The van der Waals surface area contributed by atoms with Crippen molar-refractivity contribution in [1.82, 2.24) is 9.80 Å². The van der Waals surface area contributed by atoms with Crippen LogP contribution in [-0.2, 0) is 9.30 Å². The quantitative estimate of drug-likeness (QED) is 0.174. The first kappa shape index (κ1) is 36.9. The molecule has 12 nitrogen and oxygen atoms in total. The molecule has 6 rings (SSSR count). The zero-order valence-corrected chi connectivity index (χ0v) is 30.3. The van der Waals surface area contributed by atoms with Crippen molar-refractivity contribution in [2.45, 2.75) is 56.5 Å². The number of carbonyl (C=O) groups excluding carboxylic acids is 2. The van der Waals surface area contributed by atoms with E-state index in [-0.39, 0.29) is 50.0 Å². The second-order valence-corrected chi connectivity index (χ2v) is 17.0. The lowest BCUT2D eigenvalue weighted by Crippen LogP contribution is -2.37. The van der Waals surface area contributed by atoms with Crippen LogP contribution >= 0.6 is 7.14 Å². The zero-order valence-electron chi connectivity index (χ0n) is 29.4. The minimum Gasteiger partial charge on any atom is -0.493 e. The summed E-state index contributed by atoms with van der Waals surface area (Å²) in [6.07, 6.45) is 3.26. The molecule has 2 amide bonds. The molecule has 2 saturated heterocycles. The third-order valence-electron chi connectivity index (χ3n) is 9.99. The van der Waals surface area contributed by atoms with E-state index in [1.165, 1.54) is 19.1 Å². The van der Waals surface area contributed by atoms with Crippen LogP contribution in [-0.4, -0.2) is 132 Å². The van der Waals surface area contributed by atoms with Gasteiger partial charge in [0.2, 0.25) is 0 Å². The standard InChI is InChI=1S/C36H47F2N4O8P/c1-46-7-4-10-51(45,11-5-8-49-33-17-29-27(15-31(33)47-2)35(43)41-21-23(37)13-25(41)19-39-29)12-6-9-50-34-18-30-28(16-32(34)48-3)36(44)42-22-24(38)14-26(42)20-40-30/h15-19,23-26,40H,4-14,20-22H2,1-3H3. The van der Waals surface area contributed by atoms with Crippen molar-refractivity contribution in [3.05, 3.63) is 35.4 Å². The lowest BCUT2D eigenvalue weighted by atomic mass is 10.1. The number of hydrogen-bond donors (Lipinski definition) is 1. The molecule has 4 aliphatic rings. The lowest BCUT2D eigenvalue weighted by Gasteiger charge is -2.21. The maximum Gasteiger partial charge on any atom is 0.256 e. The molecule has 2 aromatic carbocycles. The third kappa shape index (κ3) is 8.27. The number of fused-ring (bicyclic) bond motifs is 4. The van der Waals surface area contributed by atoms with Gasteiger partial charge in [-0.15, -0.1) is 0 Å². The number of nitrogens with zero attached hydrogens (tertiary/aromatic N) is 3. The predicted octanol–water partition coefficient (Wildman–Crippen LogP) is 5.59. The van der Waals surface area contributed by atoms with Crippen molar-refractivity contribution < 1.29 is 46.6 Å². The van der Waals surface area contributed by atoms with Crippen molar-refractivity contribution in [2.75, 3.05) is 84.6 Å². The fourth-order valence-corrected chi connectivity index (χ4v) is 10.1. The summed E-state index contributed by atoms with van der Waals surface area (Å²) in [5.41, 5.74) is 1.81. The number of anilines is 1. The summed E-state index contributed by atoms with van der Waals surface area (Å²) in [4.78, 5) is 33.9. The molecule has 4 heterocycles. The fourth-order valence-electron chi connectivity index (χ4n) is 7.35. The number of benzene rings is 2. The van der Waals surface area contributed by atoms with Crippen LogP contribution < -0.4 is 24.3 Å². The van der Waals surface area contributed by atoms with Crippen LogP contribution in [0.15, 0.2) is 29.3 Å². The van der Waals surface area contributed by atoms with Gasteiger partial charge in [0, 0.05) is 69.9 Å². The molecule has 51 heavy (non-hydrogen) atoms. The normalized spacial score (nSPS) is 23.3. The number of hydrogen-bond acceptors (Lipinski definition) is 10. The number of halogens is 2. The molecule has 0 aromatic heterocycles. The zero-order chi connectivity index (χ0) is 36.1. The van der Waals surface area contributed by atoms with E-state index in [0.29, 0.717) is 109 Å². The third-order valence-corrected chi connectivity index (χ3v) is 13.4. The molecule has 5 atom stereocenters. The van der Waals surface area contributed by atoms with Gasteiger partial charge < -0.3 is 43.4 Å². The highest BCUT2D eigenvalue weighted by atomic mass is 31.2. The van der Waals surface area contributed by atoms with E-state index in [2.05, 4.69) is 10.3 Å². The first-order valence-electron chi connectivity index (χ1n) is 17.6. The Kier molecular flexibility index (Phi) is 11.7. The number of aliphatic imine (C=N–C) groups is 1. The fraction of sp³-hybridized carbons (Fsp3) is 0.583. The number of nitrogens with one attached hydrogen (secondary N) is 1. The molecular weight excluding hydrogens is 685 g/mol. The summed E-state index contributed by atoms with van der Waals surface area (Å²) >= 11 is 0.